The summed E-state index contributed by atoms with van der Waals surface area (Å²) in [6, 6.07) is 46.3. The summed E-state index contributed by atoms with van der Waals surface area (Å²) in [6.45, 7) is 0. The zero-order valence-corrected chi connectivity index (χ0v) is 23.0. The van der Waals surface area contributed by atoms with E-state index in [4.69, 9.17) is 4.98 Å². The van der Waals surface area contributed by atoms with Crippen LogP contribution in [0.15, 0.2) is 127 Å². The Morgan fingerprint density at radius 1 is 0.375 bits per heavy atom. The van der Waals surface area contributed by atoms with Crippen LogP contribution >= 0.6 is 22.7 Å². The molecule has 9 rings (SSSR count). The Kier molecular flexibility index (Phi) is 4.71. The van der Waals surface area contributed by atoms with Gasteiger partial charge in [0.25, 0.3) is 0 Å². The molecule has 0 saturated carbocycles. The van der Waals surface area contributed by atoms with Gasteiger partial charge in [-0.3, -0.25) is 0 Å². The van der Waals surface area contributed by atoms with E-state index in [1.165, 1.54) is 67.6 Å². The van der Waals surface area contributed by atoms with Crippen molar-refractivity contribution in [1.29, 1.82) is 0 Å². The summed E-state index contributed by atoms with van der Waals surface area (Å²) in [6.07, 6.45) is 0. The van der Waals surface area contributed by atoms with Crippen LogP contribution in [0.25, 0.3) is 84.4 Å². The van der Waals surface area contributed by atoms with E-state index in [1.807, 2.05) is 22.7 Å². The second kappa shape index (κ2) is 8.46. The van der Waals surface area contributed by atoms with Crippen LogP contribution in [0.5, 0.6) is 0 Å². The predicted octanol–water partition coefficient (Wildman–Crippen LogP) is 11.5. The molecule has 0 aliphatic carbocycles. The number of thiophene rings is 2. The molecule has 3 heteroatoms. The molecule has 0 amide bonds. The number of hydrogen-bond donors (Lipinski definition) is 0. The number of nitrogens with zero attached hydrogens (tertiary/aromatic N) is 1. The quantitative estimate of drug-likeness (QED) is 0.198. The minimum absolute atomic E-state index is 1.03. The molecule has 0 saturated heterocycles. The Labute approximate surface area is 238 Å². The molecule has 186 valence electrons. The van der Waals surface area contributed by atoms with Gasteiger partial charge in [-0.1, -0.05) is 91.0 Å². The van der Waals surface area contributed by atoms with Crippen molar-refractivity contribution in [3.05, 3.63) is 127 Å². The lowest BCUT2D eigenvalue weighted by Crippen LogP contribution is -1.90. The van der Waals surface area contributed by atoms with E-state index < -0.39 is 0 Å². The van der Waals surface area contributed by atoms with Crippen molar-refractivity contribution in [2.45, 2.75) is 0 Å². The van der Waals surface area contributed by atoms with E-state index in [2.05, 4.69) is 127 Å². The van der Waals surface area contributed by atoms with E-state index in [1.54, 1.807) is 0 Å². The lowest BCUT2D eigenvalue weighted by atomic mass is 9.95. The first-order valence-corrected chi connectivity index (χ1v) is 15.1. The Bertz CT molecular complexity index is 2430. The zero-order valence-electron chi connectivity index (χ0n) is 21.4. The fraction of sp³-hybridized carbons (Fsp3) is 0. The molecule has 0 N–H and O–H groups in total. The van der Waals surface area contributed by atoms with Crippen LogP contribution in [0.4, 0.5) is 0 Å². The summed E-state index contributed by atoms with van der Waals surface area (Å²) in [5.41, 5.74) is 5.74. The van der Waals surface area contributed by atoms with Gasteiger partial charge >= 0.3 is 0 Å². The van der Waals surface area contributed by atoms with Crippen molar-refractivity contribution in [3.8, 4) is 22.4 Å². The Morgan fingerprint density at radius 3 is 1.95 bits per heavy atom. The van der Waals surface area contributed by atoms with E-state index in [0.717, 1.165) is 16.8 Å². The molecule has 0 unspecified atom stereocenters. The van der Waals surface area contributed by atoms with Crippen LogP contribution in [0.3, 0.4) is 0 Å². The molecule has 0 aliphatic heterocycles. The van der Waals surface area contributed by atoms with Crippen LogP contribution in [0, 0.1) is 0 Å². The van der Waals surface area contributed by atoms with Gasteiger partial charge in [0.15, 0.2) is 0 Å². The number of rotatable bonds is 2. The SMILES string of the molecule is c1ccc(-c2nc3ccccc3c3c2ccc2sc4ccc(-c5ccc6c(c5)sc5ccccc56)cc4c23)cc1. The number of pyridine rings is 1. The molecule has 0 spiro atoms. The highest BCUT2D eigenvalue weighted by Gasteiger charge is 2.17. The molecule has 1 nitrogen and oxygen atoms in total. The van der Waals surface area contributed by atoms with Crippen LogP contribution in [-0.4, -0.2) is 4.98 Å². The van der Waals surface area contributed by atoms with Crippen LogP contribution in [0.2, 0.25) is 0 Å². The Balaban J connectivity index is 1.35. The number of benzene rings is 6. The van der Waals surface area contributed by atoms with Gasteiger partial charge < -0.3 is 0 Å². The predicted molar refractivity (Wildman–Crippen MR) is 176 cm³/mol. The lowest BCUT2D eigenvalue weighted by Gasteiger charge is -2.12. The highest BCUT2D eigenvalue weighted by Crippen LogP contribution is 2.45. The second-order valence-corrected chi connectivity index (χ2v) is 12.5. The third kappa shape index (κ3) is 3.22. The molecule has 3 heterocycles. The van der Waals surface area contributed by atoms with Gasteiger partial charge in [-0.15, -0.1) is 22.7 Å². The van der Waals surface area contributed by atoms with E-state index >= 15 is 0 Å². The number of fused-ring (bicyclic) bond motifs is 10. The standard InChI is InChI=1S/C37H21NS2/c1-2-8-22(9-3-1)37-28-17-19-33-36(35(28)27-11-4-6-12-30(27)38-37)29-20-23(15-18-32(29)39-33)24-14-16-26-25-10-5-7-13-31(25)40-34(26)21-24/h1-21H. The number of para-hydroxylation sites is 1. The van der Waals surface area contributed by atoms with Crippen molar-refractivity contribution in [2.75, 3.05) is 0 Å². The largest absolute Gasteiger partial charge is 0.247 e. The van der Waals surface area contributed by atoms with Crippen molar-refractivity contribution in [3.63, 3.8) is 0 Å². The Hall–Kier alpha value is -4.57. The highest BCUT2D eigenvalue weighted by molar-refractivity contribution is 7.26. The highest BCUT2D eigenvalue weighted by atomic mass is 32.1. The molecule has 0 fully saturated rings. The van der Waals surface area contributed by atoms with E-state index in [0.29, 0.717) is 0 Å². The van der Waals surface area contributed by atoms with E-state index in [9.17, 15) is 0 Å². The van der Waals surface area contributed by atoms with Gasteiger partial charge in [0.1, 0.15) is 0 Å². The van der Waals surface area contributed by atoms with Gasteiger partial charge in [0, 0.05) is 62.1 Å². The molecule has 40 heavy (non-hydrogen) atoms. The fourth-order valence-corrected chi connectivity index (χ4v) is 8.45. The first kappa shape index (κ1) is 22.3. The average molecular weight is 544 g/mol. The molecule has 9 aromatic rings. The van der Waals surface area contributed by atoms with Gasteiger partial charge in [0.2, 0.25) is 0 Å². The molecule has 0 atom stereocenters. The monoisotopic (exact) mass is 543 g/mol. The molecular formula is C37H21NS2. The van der Waals surface area contributed by atoms with Gasteiger partial charge in [0.05, 0.1) is 11.2 Å². The maximum absolute atomic E-state index is 5.16. The van der Waals surface area contributed by atoms with Crippen LogP contribution in [0.1, 0.15) is 0 Å². The summed E-state index contributed by atoms with van der Waals surface area (Å²) < 4.78 is 5.31. The summed E-state index contributed by atoms with van der Waals surface area (Å²) in [5, 5.41) is 9.03. The van der Waals surface area contributed by atoms with Gasteiger partial charge in [-0.25, -0.2) is 4.98 Å². The molecule has 0 bridgehead atoms. The second-order valence-electron chi connectivity index (χ2n) is 10.3. The Morgan fingerprint density at radius 2 is 1.02 bits per heavy atom. The molecular weight excluding hydrogens is 523 g/mol. The van der Waals surface area contributed by atoms with Crippen molar-refractivity contribution in [1.82, 2.24) is 4.98 Å². The normalized spacial score (nSPS) is 12.0. The maximum atomic E-state index is 5.16. The topological polar surface area (TPSA) is 12.9 Å². The van der Waals surface area contributed by atoms with E-state index in [-0.39, 0.29) is 0 Å². The first-order chi connectivity index (χ1) is 19.8. The third-order valence-electron chi connectivity index (χ3n) is 8.06. The first-order valence-electron chi connectivity index (χ1n) is 13.5. The van der Waals surface area contributed by atoms with Crippen LogP contribution in [-0.2, 0) is 0 Å². The van der Waals surface area contributed by atoms with Crippen molar-refractivity contribution in [2.24, 2.45) is 0 Å². The van der Waals surface area contributed by atoms with Crippen molar-refractivity contribution < 1.29 is 0 Å². The lowest BCUT2D eigenvalue weighted by molar-refractivity contribution is 1.43. The van der Waals surface area contributed by atoms with Gasteiger partial charge in [-0.2, -0.15) is 0 Å². The van der Waals surface area contributed by atoms with Gasteiger partial charge in [-0.05, 0) is 47.5 Å². The molecule has 3 aromatic heterocycles. The summed E-state index contributed by atoms with van der Waals surface area (Å²) >= 11 is 3.75. The molecule has 0 aliphatic rings. The number of aromatic nitrogens is 1. The molecule has 0 radical (unpaired) electrons. The summed E-state index contributed by atoms with van der Waals surface area (Å²) in [7, 11) is 0. The minimum atomic E-state index is 1.03. The summed E-state index contributed by atoms with van der Waals surface area (Å²) in [4.78, 5) is 5.16. The smallest absolute Gasteiger partial charge is 0.0788 e. The fourth-order valence-electron chi connectivity index (χ4n) is 6.21. The van der Waals surface area contributed by atoms with Crippen LogP contribution < -0.4 is 0 Å². The maximum Gasteiger partial charge on any atom is 0.0788 e. The average Bonchev–Trinajstić information content (AvgIpc) is 3.58. The third-order valence-corrected chi connectivity index (χ3v) is 10.3. The summed E-state index contributed by atoms with van der Waals surface area (Å²) in [5.74, 6) is 0. The zero-order chi connectivity index (χ0) is 26.2. The minimum Gasteiger partial charge on any atom is -0.247 e. The van der Waals surface area contributed by atoms with Crippen molar-refractivity contribution >= 4 is 84.7 Å². The number of hydrogen-bond acceptors (Lipinski definition) is 3. The molecule has 6 aromatic carbocycles.